The van der Waals surface area contributed by atoms with Gasteiger partial charge in [0.15, 0.2) is 0 Å². The molecule has 1 saturated carbocycles. The SMILES string of the molecule is CCOc1ccccc1C(=O)NC1CCCC1C(=O)O. The van der Waals surface area contributed by atoms with E-state index in [0.29, 0.717) is 30.8 Å². The summed E-state index contributed by atoms with van der Waals surface area (Å²) in [5, 5.41) is 12.0. The second-order valence-corrected chi connectivity index (χ2v) is 4.88. The lowest BCUT2D eigenvalue weighted by Gasteiger charge is -2.18. The molecular weight excluding hydrogens is 258 g/mol. The summed E-state index contributed by atoms with van der Waals surface area (Å²) >= 11 is 0. The fraction of sp³-hybridized carbons (Fsp3) is 0.467. The number of hydrogen-bond donors (Lipinski definition) is 2. The average Bonchev–Trinajstić information content (AvgIpc) is 2.88. The van der Waals surface area contributed by atoms with Crippen LogP contribution in [-0.4, -0.2) is 29.6 Å². The molecule has 0 aromatic heterocycles. The maximum atomic E-state index is 12.3. The van der Waals surface area contributed by atoms with Gasteiger partial charge in [-0.15, -0.1) is 0 Å². The van der Waals surface area contributed by atoms with Crippen LogP contribution in [0.3, 0.4) is 0 Å². The largest absolute Gasteiger partial charge is 0.493 e. The van der Waals surface area contributed by atoms with Crippen molar-refractivity contribution in [2.75, 3.05) is 6.61 Å². The lowest BCUT2D eigenvalue weighted by atomic mass is 10.0. The minimum atomic E-state index is -0.842. The molecule has 108 valence electrons. The van der Waals surface area contributed by atoms with Gasteiger partial charge in [0.1, 0.15) is 5.75 Å². The minimum absolute atomic E-state index is 0.271. The van der Waals surface area contributed by atoms with E-state index in [1.807, 2.05) is 6.92 Å². The van der Waals surface area contributed by atoms with E-state index >= 15 is 0 Å². The number of carbonyl (C=O) groups is 2. The van der Waals surface area contributed by atoms with Crippen molar-refractivity contribution in [2.24, 2.45) is 5.92 Å². The number of hydrogen-bond acceptors (Lipinski definition) is 3. The fourth-order valence-electron chi connectivity index (χ4n) is 2.61. The molecule has 5 nitrogen and oxygen atoms in total. The number of aliphatic carboxylic acids is 1. The number of amides is 1. The number of carbonyl (C=O) groups excluding carboxylic acids is 1. The number of ether oxygens (including phenoxy) is 1. The standard InChI is InChI=1S/C15H19NO4/c1-2-20-13-9-4-3-6-11(13)14(17)16-12-8-5-7-10(12)15(18)19/h3-4,6,9-10,12H,2,5,7-8H2,1H3,(H,16,17)(H,18,19). The summed E-state index contributed by atoms with van der Waals surface area (Å²) in [6.45, 7) is 2.33. The van der Waals surface area contributed by atoms with E-state index in [-0.39, 0.29) is 11.9 Å². The van der Waals surface area contributed by atoms with Gasteiger partial charge in [-0.1, -0.05) is 18.6 Å². The Morgan fingerprint density at radius 2 is 2.10 bits per heavy atom. The molecule has 1 aromatic carbocycles. The first-order valence-corrected chi connectivity index (χ1v) is 6.89. The van der Waals surface area contributed by atoms with Gasteiger partial charge in [0, 0.05) is 6.04 Å². The van der Waals surface area contributed by atoms with Gasteiger partial charge in [-0.3, -0.25) is 9.59 Å². The zero-order valence-corrected chi connectivity index (χ0v) is 11.5. The first-order valence-electron chi connectivity index (χ1n) is 6.89. The Hall–Kier alpha value is -2.04. The molecule has 0 aliphatic heterocycles. The molecule has 2 rings (SSSR count). The number of rotatable bonds is 5. The zero-order chi connectivity index (χ0) is 14.5. The molecule has 0 saturated heterocycles. The van der Waals surface area contributed by atoms with Gasteiger partial charge in [0.25, 0.3) is 5.91 Å². The van der Waals surface area contributed by atoms with Crippen LogP contribution in [0.5, 0.6) is 5.75 Å². The quantitative estimate of drug-likeness (QED) is 0.864. The number of para-hydroxylation sites is 1. The lowest BCUT2D eigenvalue weighted by Crippen LogP contribution is -2.40. The highest BCUT2D eigenvalue weighted by Gasteiger charge is 2.34. The molecule has 2 unspecified atom stereocenters. The summed E-state index contributed by atoms with van der Waals surface area (Å²) < 4.78 is 5.42. The number of benzene rings is 1. The van der Waals surface area contributed by atoms with Gasteiger partial charge in [-0.2, -0.15) is 0 Å². The Morgan fingerprint density at radius 1 is 1.35 bits per heavy atom. The third-order valence-corrected chi connectivity index (χ3v) is 3.58. The third kappa shape index (κ3) is 3.10. The predicted octanol–water partition coefficient (Wildman–Crippen LogP) is 2.07. The van der Waals surface area contributed by atoms with Crippen LogP contribution >= 0.6 is 0 Å². The Labute approximate surface area is 117 Å². The van der Waals surface area contributed by atoms with E-state index in [9.17, 15) is 9.59 Å². The topological polar surface area (TPSA) is 75.6 Å². The van der Waals surface area contributed by atoms with E-state index in [1.54, 1.807) is 24.3 Å². The van der Waals surface area contributed by atoms with Gasteiger partial charge in [-0.25, -0.2) is 0 Å². The molecule has 1 aliphatic rings. The summed E-state index contributed by atoms with van der Waals surface area (Å²) in [6.07, 6.45) is 2.15. The van der Waals surface area contributed by atoms with Crippen LogP contribution in [0.15, 0.2) is 24.3 Å². The summed E-state index contributed by atoms with van der Waals surface area (Å²) in [4.78, 5) is 23.4. The maximum Gasteiger partial charge on any atom is 0.308 e. The van der Waals surface area contributed by atoms with E-state index in [4.69, 9.17) is 9.84 Å². The smallest absolute Gasteiger partial charge is 0.308 e. The van der Waals surface area contributed by atoms with Gasteiger partial charge >= 0.3 is 5.97 Å². The van der Waals surface area contributed by atoms with E-state index in [1.165, 1.54) is 0 Å². The van der Waals surface area contributed by atoms with Crippen LogP contribution < -0.4 is 10.1 Å². The molecule has 0 bridgehead atoms. The second-order valence-electron chi connectivity index (χ2n) is 4.88. The van der Waals surface area contributed by atoms with Crippen molar-refractivity contribution in [2.45, 2.75) is 32.2 Å². The fourth-order valence-corrected chi connectivity index (χ4v) is 2.61. The lowest BCUT2D eigenvalue weighted by molar-refractivity contribution is -0.142. The highest BCUT2D eigenvalue weighted by molar-refractivity contribution is 5.97. The van der Waals surface area contributed by atoms with Gasteiger partial charge in [-0.05, 0) is 31.9 Å². The molecule has 20 heavy (non-hydrogen) atoms. The highest BCUT2D eigenvalue weighted by Crippen LogP contribution is 2.27. The highest BCUT2D eigenvalue weighted by atomic mass is 16.5. The summed E-state index contributed by atoms with van der Waals surface area (Å²) in [7, 11) is 0. The monoisotopic (exact) mass is 277 g/mol. The Morgan fingerprint density at radius 3 is 2.80 bits per heavy atom. The average molecular weight is 277 g/mol. The van der Waals surface area contributed by atoms with Crippen molar-refractivity contribution < 1.29 is 19.4 Å². The Bertz CT molecular complexity index is 500. The van der Waals surface area contributed by atoms with Crippen LogP contribution in [0.1, 0.15) is 36.5 Å². The van der Waals surface area contributed by atoms with Crippen molar-refractivity contribution in [3.8, 4) is 5.75 Å². The van der Waals surface area contributed by atoms with Gasteiger partial charge < -0.3 is 15.2 Å². The zero-order valence-electron chi connectivity index (χ0n) is 11.5. The van der Waals surface area contributed by atoms with Crippen LogP contribution in [0.4, 0.5) is 0 Å². The molecular formula is C15H19NO4. The molecule has 0 heterocycles. The second kappa shape index (κ2) is 6.41. The van der Waals surface area contributed by atoms with Gasteiger partial charge in [0.05, 0.1) is 18.1 Å². The first kappa shape index (κ1) is 14.4. The Kier molecular flexibility index (Phi) is 4.61. The molecule has 0 spiro atoms. The molecule has 2 N–H and O–H groups in total. The van der Waals surface area contributed by atoms with Crippen molar-refractivity contribution in [3.05, 3.63) is 29.8 Å². The minimum Gasteiger partial charge on any atom is -0.493 e. The molecule has 1 aliphatic carbocycles. The Balaban J connectivity index is 2.10. The molecule has 5 heteroatoms. The van der Waals surface area contributed by atoms with Crippen molar-refractivity contribution in [3.63, 3.8) is 0 Å². The molecule has 1 amide bonds. The van der Waals surface area contributed by atoms with E-state index < -0.39 is 11.9 Å². The number of nitrogens with one attached hydrogen (secondary N) is 1. The summed E-state index contributed by atoms with van der Waals surface area (Å²) in [5.41, 5.74) is 0.449. The third-order valence-electron chi connectivity index (χ3n) is 3.58. The first-order chi connectivity index (χ1) is 9.63. The molecule has 1 aromatic rings. The van der Waals surface area contributed by atoms with Crippen LogP contribution in [-0.2, 0) is 4.79 Å². The molecule has 0 radical (unpaired) electrons. The van der Waals surface area contributed by atoms with Crippen molar-refractivity contribution in [1.82, 2.24) is 5.32 Å². The number of carboxylic acid groups (broad SMARTS) is 1. The van der Waals surface area contributed by atoms with Crippen LogP contribution in [0.2, 0.25) is 0 Å². The normalized spacial score (nSPS) is 21.4. The summed E-state index contributed by atoms with van der Waals surface area (Å²) in [6, 6.07) is 6.69. The summed E-state index contributed by atoms with van der Waals surface area (Å²) in [5.74, 6) is -1.08. The van der Waals surface area contributed by atoms with E-state index in [2.05, 4.69) is 5.32 Å². The number of carboxylic acids is 1. The van der Waals surface area contributed by atoms with Crippen LogP contribution in [0, 0.1) is 5.92 Å². The van der Waals surface area contributed by atoms with Crippen molar-refractivity contribution in [1.29, 1.82) is 0 Å². The predicted molar refractivity (Wildman–Crippen MR) is 73.8 cm³/mol. The van der Waals surface area contributed by atoms with Crippen molar-refractivity contribution >= 4 is 11.9 Å². The van der Waals surface area contributed by atoms with Crippen LogP contribution in [0.25, 0.3) is 0 Å². The molecule has 1 fully saturated rings. The maximum absolute atomic E-state index is 12.3. The molecule has 2 atom stereocenters. The van der Waals surface area contributed by atoms with Gasteiger partial charge in [0.2, 0.25) is 0 Å². The van der Waals surface area contributed by atoms with E-state index in [0.717, 1.165) is 6.42 Å².